The van der Waals surface area contributed by atoms with E-state index in [1.54, 1.807) is 0 Å². The fourth-order valence-corrected chi connectivity index (χ4v) is 5.27. The van der Waals surface area contributed by atoms with Crippen LogP contribution in [0.3, 0.4) is 0 Å². The Labute approximate surface area is 176 Å². The summed E-state index contributed by atoms with van der Waals surface area (Å²) in [5.74, 6) is 0.723. The number of thiocarbonyl (C=S) groups is 1. The average Bonchev–Trinajstić information content (AvgIpc) is 2.85. The molecule has 3 rings (SSSR count). The summed E-state index contributed by atoms with van der Waals surface area (Å²) in [5.41, 5.74) is 2.08. The number of hydrogen-bond acceptors (Lipinski definition) is 4. The van der Waals surface area contributed by atoms with Crippen molar-refractivity contribution >= 4 is 85.5 Å². The topological polar surface area (TPSA) is 38.3 Å². The number of halogens is 2. The molecular weight excluding hydrogens is 568 g/mol. The van der Waals surface area contributed by atoms with Crippen LogP contribution in [-0.2, 0) is 11.4 Å². The Hall–Kier alpha value is -0.650. The molecule has 2 aromatic rings. The van der Waals surface area contributed by atoms with Gasteiger partial charge in [0.1, 0.15) is 16.7 Å². The second kappa shape index (κ2) is 8.15. The minimum absolute atomic E-state index is 0.139. The molecule has 24 heavy (non-hydrogen) atoms. The summed E-state index contributed by atoms with van der Waals surface area (Å²) in [5, 5.41) is 2.62. The summed E-state index contributed by atoms with van der Waals surface area (Å²) >= 11 is 10.8. The molecule has 1 amide bonds. The molecule has 0 saturated carbocycles. The van der Waals surface area contributed by atoms with Crippen LogP contribution in [0.2, 0.25) is 0 Å². The van der Waals surface area contributed by atoms with Crippen LogP contribution in [0.5, 0.6) is 5.75 Å². The summed E-state index contributed by atoms with van der Waals surface area (Å²) in [6.07, 6.45) is 1.85. The lowest BCUT2D eigenvalue weighted by atomic mass is 10.2. The molecule has 0 radical (unpaired) electrons. The number of ether oxygens (including phenoxy) is 1. The van der Waals surface area contributed by atoms with E-state index in [0.29, 0.717) is 15.8 Å². The van der Waals surface area contributed by atoms with Crippen LogP contribution in [0.1, 0.15) is 11.1 Å². The third-order valence-corrected chi connectivity index (χ3v) is 5.95. The molecule has 0 aromatic heterocycles. The summed E-state index contributed by atoms with van der Waals surface area (Å²) in [7, 11) is 0. The SMILES string of the molecule is O=C1NC(=S)S/C1=C/c1cc(I)c(OCc2ccccc2)c(I)c1. The van der Waals surface area contributed by atoms with Crippen LogP contribution in [0.15, 0.2) is 47.4 Å². The largest absolute Gasteiger partial charge is 0.487 e. The van der Waals surface area contributed by atoms with Crippen molar-refractivity contribution in [1.29, 1.82) is 0 Å². The van der Waals surface area contributed by atoms with Gasteiger partial charge in [0.15, 0.2) is 0 Å². The van der Waals surface area contributed by atoms with Crippen molar-refractivity contribution in [3.8, 4) is 5.75 Å². The lowest BCUT2D eigenvalue weighted by Crippen LogP contribution is -2.17. The number of nitrogens with one attached hydrogen (secondary N) is 1. The molecule has 122 valence electrons. The number of thioether (sulfide) groups is 1. The molecule has 7 heteroatoms. The predicted octanol–water partition coefficient (Wildman–Crippen LogP) is 4.96. The van der Waals surface area contributed by atoms with Crippen LogP contribution in [0, 0.1) is 7.14 Å². The van der Waals surface area contributed by atoms with Crippen molar-refractivity contribution in [2.24, 2.45) is 0 Å². The van der Waals surface area contributed by atoms with Crippen molar-refractivity contribution in [1.82, 2.24) is 5.32 Å². The van der Waals surface area contributed by atoms with E-state index in [9.17, 15) is 4.79 Å². The molecule has 2 aromatic carbocycles. The van der Waals surface area contributed by atoms with Gasteiger partial charge in [0.25, 0.3) is 5.91 Å². The maximum atomic E-state index is 11.8. The molecule has 1 aliphatic rings. The van der Waals surface area contributed by atoms with E-state index in [1.807, 2.05) is 48.5 Å². The lowest BCUT2D eigenvalue weighted by molar-refractivity contribution is -0.115. The van der Waals surface area contributed by atoms with Gasteiger partial charge in [-0.3, -0.25) is 4.79 Å². The van der Waals surface area contributed by atoms with Crippen molar-refractivity contribution in [3.05, 3.63) is 65.6 Å². The van der Waals surface area contributed by atoms with Gasteiger partial charge in [0.05, 0.1) is 12.0 Å². The number of hydrogen-bond donors (Lipinski definition) is 1. The van der Waals surface area contributed by atoms with Gasteiger partial charge in [0, 0.05) is 0 Å². The van der Waals surface area contributed by atoms with E-state index >= 15 is 0 Å². The van der Waals surface area contributed by atoms with Gasteiger partial charge in [-0.2, -0.15) is 0 Å². The monoisotopic (exact) mass is 579 g/mol. The predicted molar refractivity (Wildman–Crippen MR) is 119 cm³/mol. The molecule has 1 fully saturated rings. The van der Waals surface area contributed by atoms with Gasteiger partial charge in [0.2, 0.25) is 0 Å². The van der Waals surface area contributed by atoms with Gasteiger partial charge >= 0.3 is 0 Å². The van der Waals surface area contributed by atoms with E-state index in [2.05, 4.69) is 50.5 Å². The molecule has 0 atom stereocenters. The van der Waals surface area contributed by atoms with Gasteiger partial charge in [-0.15, -0.1) is 0 Å². The van der Waals surface area contributed by atoms with E-state index in [0.717, 1.165) is 24.0 Å². The van der Waals surface area contributed by atoms with E-state index in [-0.39, 0.29) is 5.91 Å². The minimum Gasteiger partial charge on any atom is -0.487 e. The highest BCUT2D eigenvalue weighted by molar-refractivity contribution is 14.1. The molecular formula is C17H11I2NO2S2. The number of carbonyl (C=O) groups is 1. The Morgan fingerprint density at radius 3 is 2.42 bits per heavy atom. The number of carbonyl (C=O) groups excluding carboxylic acids is 1. The van der Waals surface area contributed by atoms with Crippen LogP contribution in [-0.4, -0.2) is 10.2 Å². The molecule has 1 N–H and O–H groups in total. The van der Waals surface area contributed by atoms with Crippen LogP contribution in [0.4, 0.5) is 0 Å². The highest BCUT2D eigenvalue weighted by atomic mass is 127. The zero-order chi connectivity index (χ0) is 17.1. The number of amides is 1. The number of benzene rings is 2. The standard InChI is InChI=1S/C17H11I2NO2S2/c18-12-6-11(8-14-16(21)20-17(23)24-14)7-13(19)15(12)22-9-10-4-2-1-3-5-10/h1-8H,9H2,(H,20,21,23)/b14-8+. The Morgan fingerprint density at radius 2 is 1.83 bits per heavy atom. The Bertz CT molecular complexity index is 815. The lowest BCUT2D eigenvalue weighted by Gasteiger charge is -2.11. The molecule has 1 aliphatic heterocycles. The second-order valence-electron chi connectivity index (χ2n) is 4.94. The van der Waals surface area contributed by atoms with Crippen molar-refractivity contribution in [2.75, 3.05) is 0 Å². The quantitative estimate of drug-likeness (QED) is 0.316. The average molecular weight is 579 g/mol. The molecule has 0 unspecified atom stereocenters. The summed E-state index contributed by atoms with van der Waals surface area (Å²) < 4.78 is 8.49. The van der Waals surface area contributed by atoms with Gasteiger partial charge in [-0.25, -0.2) is 0 Å². The third-order valence-electron chi connectivity index (χ3n) is 3.19. The molecule has 0 spiro atoms. The van der Waals surface area contributed by atoms with E-state index in [1.165, 1.54) is 11.8 Å². The molecule has 0 aliphatic carbocycles. The van der Waals surface area contributed by atoms with Gasteiger partial charge in [-0.1, -0.05) is 54.3 Å². The fraction of sp³-hybridized carbons (Fsp3) is 0.0588. The highest BCUT2D eigenvalue weighted by Gasteiger charge is 2.22. The maximum Gasteiger partial charge on any atom is 0.263 e. The van der Waals surface area contributed by atoms with Gasteiger partial charge in [-0.05, 0) is 74.5 Å². The minimum atomic E-state index is -0.139. The van der Waals surface area contributed by atoms with Crippen molar-refractivity contribution in [3.63, 3.8) is 0 Å². The normalized spacial score (nSPS) is 15.7. The van der Waals surface area contributed by atoms with Crippen LogP contribution in [0.25, 0.3) is 6.08 Å². The first kappa shape index (κ1) is 18.2. The third kappa shape index (κ3) is 4.50. The Kier molecular flexibility index (Phi) is 6.17. The first-order chi connectivity index (χ1) is 11.5. The highest BCUT2D eigenvalue weighted by Crippen LogP contribution is 2.32. The Balaban J connectivity index is 1.80. The summed E-state index contributed by atoms with van der Waals surface area (Å²) in [4.78, 5) is 12.4. The van der Waals surface area contributed by atoms with E-state index < -0.39 is 0 Å². The first-order valence-corrected chi connectivity index (χ1v) is 10.3. The van der Waals surface area contributed by atoms with Crippen LogP contribution >= 0.6 is 69.2 Å². The number of rotatable bonds is 4. The molecule has 3 nitrogen and oxygen atoms in total. The van der Waals surface area contributed by atoms with Crippen LogP contribution < -0.4 is 10.1 Å². The van der Waals surface area contributed by atoms with Crippen molar-refractivity contribution in [2.45, 2.75) is 6.61 Å². The first-order valence-electron chi connectivity index (χ1n) is 6.93. The maximum absolute atomic E-state index is 11.8. The zero-order valence-electron chi connectivity index (χ0n) is 12.2. The summed E-state index contributed by atoms with van der Waals surface area (Å²) in [6.45, 7) is 0.528. The Morgan fingerprint density at radius 1 is 1.17 bits per heavy atom. The zero-order valence-corrected chi connectivity index (χ0v) is 18.2. The fourth-order valence-electron chi connectivity index (χ4n) is 2.10. The second-order valence-corrected chi connectivity index (χ2v) is 8.98. The summed E-state index contributed by atoms with van der Waals surface area (Å²) in [6, 6.07) is 14.1. The molecule has 1 heterocycles. The smallest absolute Gasteiger partial charge is 0.263 e. The van der Waals surface area contributed by atoms with E-state index in [4.69, 9.17) is 17.0 Å². The van der Waals surface area contributed by atoms with Gasteiger partial charge < -0.3 is 10.1 Å². The molecule has 0 bridgehead atoms. The molecule has 1 saturated heterocycles. The van der Waals surface area contributed by atoms with Crippen molar-refractivity contribution < 1.29 is 9.53 Å².